The minimum atomic E-state index is -0.266. The van der Waals surface area contributed by atoms with Crippen LogP contribution in [0.4, 0.5) is 0 Å². The van der Waals surface area contributed by atoms with Gasteiger partial charge in [0.05, 0.1) is 52.0 Å². The lowest BCUT2D eigenvalue weighted by Gasteiger charge is -2.18. The highest BCUT2D eigenvalue weighted by Crippen LogP contribution is 2.41. The lowest BCUT2D eigenvalue weighted by molar-refractivity contribution is 0.669. The molecule has 40 heavy (non-hydrogen) atoms. The molecule has 0 saturated carbocycles. The molecule has 0 saturated heterocycles. The predicted molar refractivity (Wildman–Crippen MR) is 152 cm³/mol. The molecule has 0 aliphatic heterocycles. The summed E-state index contributed by atoms with van der Waals surface area (Å²) in [6.45, 7) is 0. The number of benzene rings is 4. The summed E-state index contributed by atoms with van der Waals surface area (Å²) in [4.78, 5) is 0. The van der Waals surface area contributed by atoms with Gasteiger partial charge in [0, 0.05) is 27.4 Å². The summed E-state index contributed by atoms with van der Waals surface area (Å²) in [6.07, 6.45) is 4.37. The van der Waals surface area contributed by atoms with Gasteiger partial charge in [0.2, 0.25) is 0 Å². The molecule has 1 aliphatic rings. The van der Waals surface area contributed by atoms with Crippen LogP contribution in [0.5, 0.6) is 0 Å². The Hall–Kier alpha value is -6.08. The van der Waals surface area contributed by atoms with Crippen LogP contribution in [0.2, 0.25) is 0 Å². The van der Waals surface area contributed by atoms with E-state index in [4.69, 9.17) is 4.42 Å². The van der Waals surface area contributed by atoms with Gasteiger partial charge in [-0.2, -0.15) is 21.0 Å². The van der Waals surface area contributed by atoms with Crippen molar-refractivity contribution in [1.82, 2.24) is 4.57 Å². The smallest absolute Gasteiger partial charge is 0.135 e. The molecule has 0 bridgehead atoms. The summed E-state index contributed by atoms with van der Waals surface area (Å²) in [6, 6.07) is 31.7. The largest absolute Gasteiger partial charge is 0.456 e. The van der Waals surface area contributed by atoms with Crippen molar-refractivity contribution in [3.05, 3.63) is 107 Å². The van der Waals surface area contributed by atoms with E-state index < -0.39 is 0 Å². The van der Waals surface area contributed by atoms with Gasteiger partial charge in [-0.25, -0.2) is 0 Å². The number of rotatable bonds is 2. The van der Waals surface area contributed by atoms with E-state index >= 15 is 0 Å². The fourth-order valence-corrected chi connectivity index (χ4v) is 5.78. The second kappa shape index (κ2) is 8.75. The third-order valence-electron chi connectivity index (χ3n) is 7.61. The summed E-state index contributed by atoms with van der Waals surface area (Å²) in [7, 11) is 0. The van der Waals surface area contributed by atoms with E-state index in [0.29, 0.717) is 34.3 Å². The molecule has 0 N–H and O–H groups in total. The quantitative estimate of drug-likeness (QED) is 0.238. The zero-order chi connectivity index (χ0) is 27.4. The highest BCUT2D eigenvalue weighted by molar-refractivity contribution is 6.07. The fourth-order valence-electron chi connectivity index (χ4n) is 5.78. The van der Waals surface area contributed by atoms with E-state index in [1.165, 1.54) is 0 Å². The first-order valence-corrected chi connectivity index (χ1v) is 12.7. The van der Waals surface area contributed by atoms with Crippen molar-refractivity contribution < 1.29 is 4.42 Å². The number of nitriles is 4. The zero-order valence-electron chi connectivity index (χ0n) is 21.0. The van der Waals surface area contributed by atoms with E-state index in [1.54, 1.807) is 18.2 Å². The molecule has 6 heteroatoms. The van der Waals surface area contributed by atoms with Crippen LogP contribution in [0.1, 0.15) is 27.9 Å². The van der Waals surface area contributed by atoms with Crippen LogP contribution in [-0.2, 0) is 6.42 Å². The summed E-state index contributed by atoms with van der Waals surface area (Å²) in [5.74, 6) is -0.266. The van der Waals surface area contributed by atoms with Crippen LogP contribution in [0.3, 0.4) is 0 Å². The van der Waals surface area contributed by atoms with Crippen molar-refractivity contribution >= 4 is 38.9 Å². The second-order valence-electron chi connectivity index (χ2n) is 9.79. The van der Waals surface area contributed by atoms with Gasteiger partial charge in [-0.3, -0.25) is 0 Å². The average molecular weight is 512 g/mol. The number of allylic oxidation sites excluding steroid dienone is 1. The maximum atomic E-state index is 10.3. The van der Waals surface area contributed by atoms with Gasteiger partial charge in [-0.15, -0.1) is 0 Å². The van der Waals surface area contributed by atoms with Crippen LogP contribution in [-0.4, -0.2) is 4.57 Å². The molecule has 7 rings (SSSR count). The molecule has 1 unspecified atom stereocenters. The van der Waals surface area contributed by atoms with Gasteiger partial charge in [0.25, 0.3) is 0 Å². The molecular formula is C34H17N5O. The van der Waals surface area contributed by atoms with Gasteiger partial charge < -0.3 is 8.98 Å². The number of hydrogen-bond donors (Lipinski definition) is 0. The molecule has 6 nitrogen and oxygen atoms in total. The standard InChI is InChI=1S/C34H17N5O/c35-16-20-4-8-30-26(12-20)27-13-21(17-36)5-9-31(27)39(30)34-24(19-38)2-1-3-25(34)23-7-11-33-29(15-23)28-14-22(18-37)6-10-32(28)40-33/h1-12,14-15,21H,13H2. The number of nitrogens with zero attached hydrogens (tertiary/aromatic N) is 5. The van der Waals surface area contributed by atoms with Crippen molar-refractivity contribution in [2.75, 3.05) is 0 Å². The maximum Gasteiger partial charge on any atom is 0.135 e. The van der Waals surface area contributed by atoms with Gasteiger partial charge >= 0.3 is 0 Å². The number of aromatic nitrogens is 1. The van der Waals surface area contributed by atoms with E-state index in [0.717, 1.165) is 49.7 Å². The van der Waals surface area contributed by atoms with Gasteiger partial charge in [-0.1, -0.05) is 24.3 Å². The summed E-state index contributed by atoms with van der Waals surface area (Å²) in [5, 5.41) is 41.5. The Labute approximate surface area is 229 Å². The Kier molecular flexibility index (Phi) is 5.04. The van der Waals surface area contributed by atoms with Crippen LogP contribution in [0, 0.1) is 51.2 Å². The third-order valence-corrected chi connectivity index (χ3v) is 7.61. The predicted octanol–water partition coefficient (Wildman–Crippen LogP) is 7.52. The monoisotopic (exact) mass is 511 g/mol. The minimum Gasteiger partial charge on any atom is -0.456 e. The molecule has 0 amide bonds. The van der Waals surface area contributed by atoms with Crippen molar-refractivity contribution in [3.63, 3.8) is 0 Å². The SMILES string of the molecule is N#Cc1ccc2c(c1)c1c(n2-c2c(C#N)cccc2-c2ccc3oc4ccc(C#N)cc4c3c2)C=CC(C#N)C1. The first kappa shape index (κ1) is 23.1. The third kappa shape index (κ3) is 3.32. The molecule has 0 spiro atoms. The van der Waals surface area contributed by atoms with Gasteiger partial charge in [0.1, 0.15) is 17.2 Å². The van der Waals surface area contributed by atoms with Crippen molar-refractivity contribution in [2.24, 2.45) is 5.92 Å². The Morgan fingerprint density at radius 2 is 1.48 bits per heavy atom. The number of fused-ring (bicyclic) bond motifs is 6. The van der Waals surface area contributed by atoms with Crippen molar-refractivity contribution in [3.8, 4) is 41.1 Å². The number of furan rings is 1. The lowest BCUT2D eigenvalue weighted by atomic mass is 9.92. The van der Waals surface area contributed by atoms with Crippen LogP contribution in [0.15, 0.2) is 83.3 Å². The summed E-state index contributed by atoms with van der Waals surface area (Å²) in [5.41, 5.74) is 8.23. The van der Waals surface area contributed by atoms with E-state index in [9.17, 15) is 21.0 Å². The zero-order valence-corrected chi connectivity index (χ0v) is 21.0. The Morgan fingerprint density at radius 3 is 2.23 bits per heavy atom. The fraction of sp³-hybridized carbons (Fsp3) is 0.0588. The summed E-state index contributed by atoms with van der Waals surface area (Å²) >= 11 is 0. The first-order chi connectivity index (χ1) is 19.6. The number of para-hydroxylation sites is 1. The average Bonchev–Trinajstić information content (AvgIpc) is 3.54. The lowest BCUT2D eigenvalue weighted by Crippen LogP contribution is -2.08. The molecule has 1 atom stereocenters. The normalized spacial score (nSPS) is 13.9. The number of hydrogen-bond acceptors (Lipinski definition) is 5. The van der Waals surface area contributed by atoms with Gasteiger partial charge in [0.15, 0.2) is 0 Å². The molecule has 6 aromatic rings. The summed E-state index contributed by atoms with van der Waals surface area (Å²) < 4.78 is 8.11. The molecule has 0 radical (unpaired) electrons. The molecule has 2 aromatic heterocycles. The van der Waals surface area contributed by atoms with E-state index in [2.05, 4.69) is 28.8 Å². The van der Waals surface area contributed by atoms with Crippen LogP contribution < -0.4 is 0 Å². The Morgan fingerprint density at radius 1 is 0.750 bits per heavy atom. The van der Waals surface area contributed by atoms with Crippen molar-refractivity contribution in [1.29, 1.82) is 21.0 Å². The van der Waals surface area contributed by atoms with Gasteiger partial charge in [-0.05, 0) is 78.2 Å². The minimum absolute atomic E-state index is 0.266. The molecule has 184 valence electrons. The van der Waals surface area contributed by atoms with Crippen molar-refractivity contribution in [2.45, 2.75) is 6.42 Å². The molecule has 1 aliphatic carbocycles. The maximum absolute atomic E-state index is 10.3. The first-order valence-electron chi connectivity index (χ1n) is 12.7. The van der Waals surface area contributed by atoms with Crippen LogP contribution in [0.25, 0.3) is 55.7 Å². The van der Waals surface area contributed by atoms with E-state index in [-0.39, 0.29) is 5.92 Å². The van der Waals surface area contributed by atoms with E-state index in [1.807, 2.05) is 66.7 Å². The van der Waals surface area contributed by atoms with Crippen LogP contribution >= 0.6 is 0 Å². The highest BCUT2D eigenvalue weighted by atomic mass is 16.3. The Bertz CT molecular complexity index is 2250. The topological polar surface area (TPSA) is 113 Å². The highest BCUT2D eigenvalue weighted by Gasteiger charge is 2.26. The second-order valence-corrected chi connectivity index (χ2v) is 9.79. The molecule has 4 aromatic carbocycles. The Balaban J connectivity index is 1.55. The molecule has 0 fully saturated rings. The molecule has 2 heterocycles. The molecular weight excluding hydrogens is 494 g/mol.